The summed E-state index contributed by atoms with van der Waals surface area (Å²) in [6, 6.07) is 15.0. The van der Waals surface area contributed by atoms with Crippen molar-refractivity contribution >= 4 is 29.0 Å². The molecule has 1 atom stereocenters. The molecular weight excluding hydrogens is 378 g/mol. The van der Waals surface area contributed by atoms with Gasteiger partial charge in [0.1, 0.15) is 0 Å². The van der Waals surface area contributed by atoms with Gasteiger partial charge in [-0.05, 0) is 56.3 Å². The predicted octanol–water partition coefficient (Wildman–Crippen LogP) is 5.41. The highest BCUT2D eigenvalue weighted by molar-refractivity contribution is 7.99. The summed E-state index contributed by atoms with van der Waals surface area (Å²) in [4.78, 5) is 20.0. The summed E-state index contributed by atoms with van der Waals surface area (Å²) >= 11 is 1.79. The molecular formula is C24H33N3OS. The second-order valence-electron chi connectivity index (χ2n) is 8.06. The van der Waals surface area contributed by atoms with Crippen LogP contribution in [0.15, 0.2) is 52.3 Å². The monoisotopic (exact) mass is 411 g/mol. The van der Waals surface area contributed by atoms with Crippen LogP contribution in [0.5, 0.6) is 0 Å². The van der Waals surface area contributed by atoms with Crippen molar-refractivity contribution < 1.29 is 4.79 Å². The quantitative estimate of drug-likeness (QED) is 0.630. The Morgan fingerprint density at radius 2 is 1.72 bits per heavy atom. The van der Waals surface area contributed by atoms with Crippen LogP contribution in [0, 0.1) is 5.92 Å². The van der Waals surface area contributed by atoms with Gasteiger partial charge >= 0.3 is 0 Å². The maximum atomic E-state index is 12.7. The van der Waals surface area contributed by atoms with E-state index in [0.717, 1.165) is 30.9 Å². The zero-order valence-corrected chi connectivity index (χ0v) is 19.1. The van der Waals surface area contributed by atoms with E-state index in [4.69, 9.17) is 0 Å². The third-order valence-electron chi connectivity index (χ3n) is 5.35. The third kappa shape index (κ3) is 4.96. The standard InChI is InChI=1S/C24H33N3OS/c1-6-26(7-2)16-18(5)27-20-10-8-9-11-22(20)29-23-13-12-19(14-21(23)27)24(28)25-15-17(3)4/h8-14,17-18H,6-7,15-16H2,1-5H3,(H,25,28). The molecule has 0 bridgehead atoms. The van der Waals surface area contributed by atoms with E-state index >= 15 is 0 Å². The zero-order valence-electron chi connectivity index (χ0n) is 18.2. The summed E-state index contributed by atoms with van der Waals surface area (Å²) in [5, 5.41) is 3.05. The first-order valence-corrected chi connectivity index (χ1v) is 11.5. The third-order valence-corrected chi connectivity index (χ3v) is 6.48. The molecule has 29 heavy (non-hydrogen) atoms. The smallest absolute Gasteiger partial charge is 0.251 e. The average molecular weight is 412 g/mol. The predicted molar refractivity (Wildman–Crippen MR) is 124 cm³/mol. The Morgan fingerprint density at radius 1 is 1.03 bits per heavy atom. The Bertz CT molecular complexity index is 848. The lowest BCUT2D eigenvalue weighted by atomic mass is 10.1. The Hall–Kier alpha value is -1.98. The van der Waals surface area contributed by atoms with Crippen molar-refractivity contribution in [1.29, 1.82) is 0 Å². The molecule has 1 N–H and O–H groups in total. The van der Waals surface area contributed by atoms with Crippen molar-refractivity contribution in [3.05, 3.63) is 48.0 Å². The highest BCUT2D eigenvalue weighted by Gasteiger charge is 2.28. The van der Waals surface area contributed by atoms with Crippen LogP contribution >= 0.6 is 11.8 Å². The Labute approximate surface area is 179 Å². The minimum absolute atomic E-state index is 0.00158. The van der Waals surface area contributed by atoms with Crippen molar-refractivity contribution in [2.24, 2.45) is 5.92 Å². The van der Waals surface area contributed by atoms with Crippen LogP contribution in [-0.2, 0) is 0 Å². The normalized spacial score (nSPS) is 14.0. The molecule has 1 aliphatic rings. The first-order chi connectivity index (χ1) is 13.9. The van der Waals surface area contributed by atoms with E-state index in [0.29, 0.717) is 18.5 Å². The molecule has 0 spiro atoms. The summed E-state index contributed by atoms with van der Waals surface area (Å²) in [7, 11) is 0. The van der Waals surface area contributed by atoms with Crippen LogP contribution in [-0.4, -0.2) is 43.0 Å². The van der Waals surface area contributed by atoms with Crippen LogP contribution in [0.3, 0.4) is 0 Å². The Kier molecular flexibility index (Phi) is 7.25. The van der Waals surface area contributed by atoms with Crippen molar-refractivity contribution in [3.63, 3.8) is 0 Å². The first kappa shape index (κ1) is 21.7. The molecule has 0 fully saturated rings. The number of carbonyl (C=O) groups excluding carboxylic acids is 1. The molecule has 0 aromatic heterocycles. The van der Waals surface area contributed by atoms with E-state index in [2.05, 4.69) is 86.1 Å². The van der Waals surface area contributed by atoms with E-state index in [-0.39, 0.29) is 5.91 Å². The van der Waals surface area contributed by atoms with Gasteiger partial charge < -0.3 is 15.1 Å². The second-order valence-corrected chi connectivity index (χ2v) is 9.14. The SMILES string of the molecule is CCN(CC)CC(C)N1c2ccccc2Sc2ccc(C(=O)NCC(C)C)cc21. The molecule has 1 aliphatic heterocycles. The first-order valence-electron chi connectivity index (χ1n) is 10.6. The average Bonchev–Trinajstić information content (AvgIpc) is 2.73. The number of likely N-dealkylation sites (N-methyl/N-ethyl adjacent to an activating group) is 1. The molecule has 1 amide bonds. The van der Waals surface area contributed by atoms with E-state index < -0.39 is 0 Å². The lowest BCUT2D eigenvalue weighted by molar-refractivity contribution is 0.0949. The van der Waals surface area contributed by atoms with E-state index in [1.54, 1.807) is 11.8 Å². The summed E-state index contributed by atoms with van der Waals surface area (Å²) in [6.07, 6.45) is 0. The lowest BCUT2D eigenvalue weighted by Gasteiger charge is -2.39. The number of carbonyl (C=O) groups is 1. The fourth-order valence-electron chi connectivity index (χ4n) is 3.73. The van der Waals surface area contributed by atoms with Crippen LogP contribution in [0.4, 0.5) is 11.4 Å². The van der Waals surface area contributed by atoms with E-state index in [1.165, 1.54) is 15.5 Å². The van der Waals surface area contributed by atoms with E-state index in [1.807, 2.05) is 6.07 Å². The van der Waals surface area contributed by atoms with Gasteiger partial charge in [0, 0.05) is 34.5 Å². The minimum Gasteiger partial charge on any atom is -0.352 e. The number of hydrogen-bond donors (Lipinski definition) is 1. The fraction of sp³-hybridized carbons (Fsp3) is 0.458. The van der Waals surface area contributed by atoms with Gasteiger partial charge in [0.25, 0.3) is 5.91 Å². The number of hydrogen-bond acceptors (Lipinski definition) is 4. The molecule has 2 aromatic carbocycles. The van der Waals surface area contributed by atoms with Gasteiger partial charge in [0.05, 0.1) is 11.4 Å². The number of nitrogens with one attached hydrogen (secondary N) is 1. The van der Waals surface area contributed by atoms with Crippen molar-refractivity contribution in [3.8, 4) is 0 Å². The lowest BCUT2D eigenvalue weighted by Crippen LogP contribution is -2.41. The van der Waals surface area contributed by atoms with Crippen molar-refractivity contribution in [2.75, 3.05) is 31.1 Å². The number of amides is 1. The van der Waals surface area contributed by atoms with Crippen LogP contribution in [0.2, 0.25) is 0 Å². The van der Waals surface area contributed by atoms with Gasteiger partial charge in [-0.3, -0.25) is 4.79 Å². The molecule has 0 saturated heterocycles. The summed E-state index contributed by atoms with van der Waals surface area (Å²) < 4.78 is 0. The molecule has 5 heteroatoms. The molecule has 2 aromatic rings. The van der Waals surface area contributed by atoms with Gasteiger partial charge in [-0.25, -0.2) is 0 Å². The van der Waals surface area contributed by atoms with E-state index in [9.17, 15) is 4.79 Å². The zero-order chi connectivity index (χ0) is 21.0. The highest BCUT2D eigenvalue weighted by atomic mass is 32.2. The van der Waals surface area contributed by atoms with Gasteiger partial charge in [-0.2, -0.15) is 0 Å². The number of anilines is 2. The van der Waals surface area contributed by atoms with Crippen molar-refractivity contribution in [1.82, 2.24) is 10.2 Å². The Balaban J connectivity index is 1.97. The summed E-state index contributed by atoms with van der Waals surface area (Å²) in [5.74, 6) is 0.436. The van der Waals surface area contributed by atoms with Gasteiger partial charge in [0.2, 0.25) is 0 Å². The molecule has 0 radical (unpaired) electrons. The maximum absolute atomic E-state index is 12.7. The van der Waals surface area contributed by atoms with Gasteiger partial charge in [-0.15, -0.1) is 0 Å². The fourth-order valence-corrected chi connectivity index (χ4v) is 4.79. The Morgan fingerprint density at radius 3 is 2.41 bits per heavy atom. The van der Waals surface area contributed by atoms with Crippen LogP contribution in [0.25, 0.3) is 0 Å². The maximum Gasteiger partial charge on any atom is 0.251 e. The van der Waals surface area contributed by atoms with Gasteiger partial charge in [-0.1, -0.05) is 51.6 Å². The molecule has 3 rings (SSSR count). The largest absolute Gasteiger partial charge is 0.352 e. The summed E-state index contributed by atoms with van der Waals surface area (Å²) in [5.41, 5.74) is 3.08. The molecule has 4 nitrogen and oxygen atoms in total. The molecule has 1 heterocycles. The van der Waals surface area contributed by atoms with Crippen molar-refractivity contribution in [2.45, 2.75) is 50.5 Å². The second kappa shape index (κ2) is 9.68. The number of rotatable bonds is 8. The highest BCUT2D eigenvalue weighted by Crippen LogP contribution is 2.49. The molecule has 0 saturated carbocycles. The summed E-state index contributed by atoms with van der Waals surface area (Å²) in [6.45, 7) is 14.7. The van der Waals surface area contributed by atoms with Gasteiger partial charge in [0.15, 0.2) is 0 Å². The molecule has 1 unspecified atom stereocenters. The molecule has 0 aliphatic carbocycles. The topological polar surface area (TPSA) is 35.6 Å². The number of fused-ring (bicyclic) bond motifs is 2. The van der Waals surface area contributed by atoms with Crippen LogP contribution in [0.1, 0.15) is 45.0 Å². The molecule has 156 valence electrons. The number of benzene rings is 2. The number of nitrogens with zero attached hydrogens (tertiary/aromatic N) is 2. The van der Waals surface area contributed by atoms with Crippen LogP contribution < -0.4 is 10.2 Å². The minimum atomic E-state index is 0.00158. The number of para-hydroxylation sites is 1.